The quantitative estimate of drug-likeness (QED) is 0.290. The number of imidazole rings is 1. The molecule has 8 heteroatoms. The lowest BCUT2D eigenvalue weighted by Crippen LogP contribution is -2.16. The van der Waals surface area contributed by atoms with Gasteiger partial charge in [-0.05, 0) is 48.0 Å². The number of ether oxygens (including phenoxy) is 2. The van der Waals surface area contributed by atoms with Crippen LogP contribution in [0.5, 0.6) is 11.5 Å². The van der Waals surface area contributed by atoms with Gasteiger partial charge in [-0.15, -0.1) is 11.3 Å². The molecule has 0 aliphatic heterocycles. The van der Waals surface area contributed by atoms with E-state index in [1.165, 1.54) is 22.0 Å². The van der Waals surface area contributed by atoms with Gasteiger partial charge in [0.2, 0.25) is 0 Å². The molecular weight excluding hydrogens is 448 g/mol. The minimum absolute atomic E-state index is 0.189. The number of nitrogens with one attached hydrogen (secondary N) is 1. The average molecular weight is 467 g/mol. The van der Waals surface area contributed by atoms with E-state index in [-0.39, 0.29) is 11.5 Å². The van der Waals surface area contributed by atoms with Crippen LogP contribution in [0.2, 0.25) is 4.34 Å². The van der Waals surface area contributed by atoms with Crippen LogP contribution < -0.4 is 15.2 Å². The summed E-state index contributed by atoms with van der Waals surface area (Å²) < 4.78 is 12.7. The summed E-state index contributed by atoms with van der Waals surface area (Å²) in [7, 11) is 3.13. The lowest BCUT2D eigenvalue weighted by molar-refractivity contribution is 0.104. The molecule has 0 aliphatic rings. The van der Waals surface area contributed by atoms with Gasteiger partial charge < -0.3 is 14.5 Å². The van der Waals surface area contributed by atoms with Crippen molar-refractivity contribution in [1.29, 1.82) is 0 Å². The fourth-order valence-electron chi connectivity index (χ4n) is 3.28. The van der Waals surface area contributed by atoms with Crippen molar-refractivity contribution in [1.82, 2.24) is 9.55 Å². The molecule has 32 heavy (non-hydrogen) atoms. The van der Waals surface area contributed by atoms with Crippen LogP contribution >= 0.6 is 22.9 Å². The first-order valence-corrected chi connectivity index (χ1v) is 10.8. The number of halogens is 1. The Hall–Kier alpha value is -3.55. The predicted octanol–water partition coefficient (Wildman–Crippen LogP) is 5.46. The van der Waals surface area contributed by atoms with Crippen LogP contribution in [-0.2, 0) is 0 Å². The molecule has 1 N–H and O–H groups in total. The number of benzene rings is 2. The molecule has 0 saturated heterocycles. The third-order valence-corrected chi connectivity index (χ3v) is 6.08. The van der Waals surface area contributed by atoms with E-state index in [2.05, 4.69) is 4.98 Å². The number of H-pyrrole nitrogens is 1. The summed E-state index contributed by atoms with van der Waals surface area (Å²) in [5.41, 5.74) is 2.22. The second-order valence-electron chi connectivity index (χ2n) is 6.78. The summed E-state index contributed by atoms with van der Waals surface area (Å²) in [6.45, 7) is 0. The fraction of sp³-hybridized carbons (Fsp3) is 0.0833. The molecule has 2 aromatic carbocycles. The van der Waals surface area contributed by atoms with Gasteiger partial charge in [-0.25, -0.2) is 4.79 Å². The van der Waals surface area contributed by atoms with Crippen molar-refractivity contribution >= 4 is 34.8 Å². The van der Waals surface area contributed by atoms with Gasteiger partial charge in [-0.1, -0.05) is 35.9 Å². The molecule has 0 spiro atoms. The largest absolute Gasteiger partial charge is 0.493 e. The van der Waals surface area contributed by atoms with Crippen LogP contribution in [0.25, 0.3) is 22.3 Å². The van der Waals surface area contributed by atoms with Crippen molar-refractivity contribution in [3.05, 3.63) is 92.8 Å². The molecule has 4 aromatic rings. The highest BCUT2D eigenvalue weighted by Gasteiger charge is 2.14. The van der Waals surface area contributed by atoms with E-state index in [0.717, 1.165) is 10.4 Å². The number of thiophene rings is 1. The predicted molar refractivity (Wildman–Crippen MR) is 128 cm³/mol. The number of hydrogen-bond acceptors (Lipinski definition) is 5. The topological polar surface area (TPSA) is 73.3 Å². The molecule has 0 fully saturated rings. The fourth-order valence-corrected chi connectivity index (χ4v) is 4.33. The maximum absolute atomic E-state index is 12.8. The minimum Gasteiger partial charge on any atom is -0.493 e. The number of nitrogens with zero attached hydrogens (tertiary/aromatic N) is 1. The summed E-state index contributed by atoms with van der Waals surface area (Å²) in [6.07, 6.45) is 4.83. The Balaban J connectivity index is 1.63. The number of hydrogen-bond donors (Lipinski definition) is 1. The molecule has 0 atom stereocenters. The molecule has 162 valence electrons. The Bertz CT molecular complexity index is 1370. The van der Waals surface area contributed by atoms with Gasteiger partial charge in [0.05, 0.1) is 34.8 Å². The monoisotopic (exact) mass is 466 g/mol. The van der Waals surface area contributed by atoms with Crippen molar-refractivity contribution in [3.63, 3.8) is 0 Å². The highest BCUT2D eigenvalue weighted by molar-refractivity contribution is 7.19. The van der Waals surface area contributed by atoms with Crippen LogP contribution in [0.3, 0.4) is 0 Å². The highest BCUT2D eigenvalue weighted by Crippen LogP contribution is 2.31. The standard InChI is InChI=1S/C24H19ClN2O4S/c1-30-20-9-7-15(12-21(20)31-2)6-8-19(28)16-4-3-5-17(13-16)27-18(14-26-24(27)29)22-10-11-23(25)32-22/h3-14H,1-2H3,(H,26,29). The molecule has 2 heterocycles. The van der Waals surface area contributed by atoms with Crippen LogP contribution in [-0.4, -0.2) is 29.6 Å². The zero-order valence-electron chi connectivity index (χ0n) is 17.3. The Morgan fingerprint density at radius 1 is 1.06 bits per heavy atom. The molecule has 4 rings (SSSR count). The smallest absolute Gasteiger partial charge is 0.330 e. The van der Waals surface area contributed by atoms with Crippen molar-refractivity contribution in [2.45, 2.75) is 0 Å². The molecule has 0 aliphatic carbocycles. The Morgan fingerprint density at radius 2 is 1.88 bits per heavy atom. The molecule has 0 unspecified atom stereocenters. The van der Waals surface area contributed by atoms with Crippen molar-refractivity contribution in [2.24, 2.45) is 0 Å². The average Bonchev–Trinajstić information content (AvgIpc) is 3.42. The van der Waals surface area contributed by atoms with Gasteiger partial charge in [0, 0.05) is 11.8 Å². The number of carbonyl (C=O) groups excluding carboxylic acids is 1. The SMILES string of the molecule is COc1ccc(C=CC(=O)c2cccc(-n3c(-c4ccc(Cl)s4)c[nH]c3=O)c2)cc1OC. The van der Waals surface area contributed by atoms with Crippen molar-refractivity contribution in [3.8, 4) is 27.8 Å². The molecular formula is C24H19ClN2O4S. The Kier molecular flexibility index (Phi) is 6.30. The van der Waals surface area contributed by atoms with Gasteiger partial charge in [0.25, 0.3) is 0 Å². The third kappa shape index (κ3) is 4.39. The number of aromatic amines is 1. The molecule has 2 aromatic heterocycles. The second kappa shape index (κ2) is 9.30. The van der Waals surface area contributed by atoms with Gasteiger partial charge >= 0.3 is 5.69 Å². The van der Waals surface area contributed by atoms with Gasteiger partial charge in [-0.3, -0.25) is 9.36 Å². The second-order valence-corrected chi connectivity index (χ2v) is 8.50. The lowest BCUT2D eigenvalue weighted by Gasteiger charge is -2.08. The van der Waals surface area contributed by atoms with E-state index in [0.29, 0.717) is 32.8 Å². The third-order valence-electron chi connectivity index (χ3n) is 4.83. The highest BCUT2D eigenvalue weighted by atomic mass is 35.5. The maximum Gasteiger partial charge on any atom is 0.330 e. The first-order valence-electron chi connectivity index (χ1n) is 9.61. The van der Waals surface area contributed by atoms with Crippen LogP contribution in [0.15, 0.2) is 71.7 Å². The zero-order valence-corrected chi connectivity index (χ0v) is 18.9. The number of ketones is 1. The number of carbonyl (C=O) groups is 1. The molecule has 0 saturated carbocycles. The lowest BCUT2D eigenvalue weighted by atomic mass is 10.1. The first kappa shape index (κ1) is 21.7. The number of aromatic nitrogens is 2. The maximum atomic E-state index is 12.8. The van der Waals surface area contributed by atoms with Crippen molar-refractivity contribution in [2.75, 3.05) is 14.2 Å². The van der Waals surface area contributed by atoms with E-state index in [1.807, 2.05) is 12.1 Å². The van der Waals surface area contributed by atoms with Gasteiger partial charge in [-0.2, -0.15) is 0 Å². The van der Waals surface area contributed by atoms with E-state index in [9.17, 15) is 9.59 Å². The Morgan fingerprint density at radius 3 is 2.59 bits per heavy atom. The number of rotatable bonds is 7. The summed E-state index contributed by atoms with van der Waals surface area (Å²) in [6, 6.07) is 16.0. The number of methoxy groups -OCH3 is 2. The minimum atomic E-state index is -0.296. The van der Waals surface area contributed by atoms with E-state index in [4.69, 9.17) is 21.1 Å². The van der Waals surface area contributed by atoms with E-state index >= 15 is 0 Å². The van der Waals surface area contributed by atoms with Crippen LogP contribution in [0.4, 0.5) is 0 Å². The summed E-state index contributed by atoms with van der Waals surface area (Å²) in [4.78, 5) is 28.8. The van der Waals surface area contributed by atoms with Crippen molar-refractivity contribution < 1.29 is 14.3 Å². The summed E-state index contributed by atoms with van der Waals surface area (Å²) in [5, 5.41) is 0. The molecule has 0 radical (unpaired) electrons. The normalized spacial score (nSPS) is 11.1. The van der Waals surface area contributed by atoms with Crippen LogP contribution in [0, 0.1) is 0 Å². The molecule has 6 nitrogen and oxygen atoms in total. The number of allylic oxidation sites excluding steroid dienone is 1. The van der Waals surface area contributed by atoms with Crippen LogP contribution in [0.1, 0.15) is 15.9 Å². The zero-order chi connectivity index (χ0) is 22.7. The first-order chi connectivity index (χ1) is 15.5. The van der Waals surface area contributed by atoms with Gasteiger partial charge in [0.15, 0.2) is 17.3 Å². The summed E-state index contributed by atoms with van der Waals surface area (Å²) in [5.74, 6) is 1.01. The van der Waals surface area contributed by atoms with E-state index in [1.54, 1.807) is 69.0 Å². The molecule has 0 bridgehead atoms. The van der Waals surface area contributed by atoms with Gasteiger partial charge in [0.1, 0.15) is 0 Å². The van der Waals surface area contributed by atoms with E-state index < -0.39 is 0 Å². The molecule has 0 amide bonds. The Labute approximate surface area is 193 Å². The summed E-state index contributed by atoms with van der Waals surface area (Å²) >= 11 is 7.43.